The van der Waals surface area contributed by atoms with E-state index in [1.165, 1.54) is 39.3 Å². The van der Waals surface area contributed by atoms with Crippen LogP contribution in [0.1, 0.15) is 32.3 Å². The molecule has 2 N–H and O–H groups in total. The standard InChI is InChI=1S/C21H28N2O9/c1-11(2)32-20(26)15(12(3)22)16(13-8-7-9-14(10-13)23(27)28)17(19(25)29-4)18(24)21(30-5)31-6/h7-11,16-17,21H,22H2,1-6H3/b15-12+. The average molecular weight is 452 g/mol. The van der Waals surface area contributed by atoms with Crippen LogP contribution in [0.3, 0.4) is 0 Å². The van der Waals surface area contributed by atoms with Gasteiger partial charge in [0.15, 0.2) is 0 Å². The van der Waals surface area contributed by atoms with Crippen LogP contribution in [0.2, 0.25) is 0 Å². The minimum absolute atomic E-state index is 0.0414. The predicted molar refractivity (Wildman–Crippen MR) is 112 cm³/mol. The number of methoxy groups -OCH3 is 3. The van der Waals surface area contributed by atoms with Gasteiger partial charge in [0.2, 0.25) is 12.1 Å². The van der Waals surface area contributed by atoms with Gasteiger partial charge in [-0.15, -0.1) is 0 Å². The molecule has 11 nitrogen and oxygen atoms in total. The number of allylic oxidation sites excluding steroid dienone is 1. The molecule has 0 spiro atoms. The molecule has 0 saturated carbocycles. The molecule has 0 amide bonds. The Morgan fingerprint density at radius 2 is 1.69 bits per heavy atom. The van der Waals surface area contributed by atoms with E-state index in [-0.39, 0.29) is 22.5 Å². The SMILES string of the molecule is COC(=O)C(C(=O)C(OC)OC)C(/C(C(=O)OC(C)C)=C(/C)N)c1cccc([N+](=O)[O-])c1. The Morgan fingerprint density at radius 3 is 2.12 bits per heavy atom. The van der Waals surface area contributed by atoms with Crippen molar-refractivity contribution in [2.24, 2.45) is 11.7 Å². The van der Waals surface area contributed by atoms with Crippen molar-refractivity contribution in [2.45, 2.75) is 39.1 Å². The molecule has 1 rings (SSSR count). The number of hydrogen-bond donors (Lipinski definition) is 1. The number of benzene rings is 1. The van der Waals surface area contributed by atoms with Gasteiger partial charge in [-0.1, -0.05) is 12.1 Å². The van der Waals surface area contributed by atoms with Gasteiger partial charge >= 0.3 is 11.9 Å². The fourth-order valence-corrected chi connectivity index (χ4v) is 3.19. The van der Waals surface area contributed by atoms with E-state index < -0.39 is 46.9 Å². The van der Waals surface area contributed by atoms with E-state index in [4.69, 9.17) is 24.7 Å². The fourth-order valence-electron chi connectivity index (χ4n) is 3.19. The summed E-state index contributed by atoms with van der Waals surface area (Å²) < 4.78 is 20.1. The Bertz CT molecular complexity index is 887. The molecule has 0 fully saturated rings. The maximum absolute atomic E-state index is 13.2. The smallest absolute Gasteiger partial charge is 0.336 e. The van der Waals surface area contributed by atoms with Gasteiger partial charge in [-0.2, -0.15) is 0 Å². The Kier molecular flexibility index (Phi) is 9.95. The number of non-ortho nitro benzene ring substituents is 1. The number of carbonyl (C=O) groups excluding carboxylic acids is 3. The molecule has 1 aromatic rings. The second-order valence-corrected chi connectivity index (χ2v) is 7.09. The highest BCUT2D eigenvalue weighted by atomic mass is 16.7. The summed E-state index contributed by atoms with van der Waals surface area (Å²) in [5, 5.41) is 11.3. The van der Waals surface area contributed by atoms with Crippen molar-refractivity contribution in [2.75, 3.05) is 21.3 Å². The summed E-state index contributed by atoms with van der Waals surface area (Å²) in [5.74, 6) is -5.82. The summed E-state index contributed by atoms with van der Waals surface area (Å²) >= 11 is 0. The van der Waals surface area contributed by atoms with E-state index in [1.807, 2.05) is 0 Å². The number of nitrogens with zero attached hydrogens (tertiary/aromatic N) is 1. The minimum Gasteiger partial charge on any atom is -0.468 e. The average Bonchev–Trinajstić information content (AvgIpc) is 2.73. The predicted octanol–water partition coefficient (Wildman–Crippen LogP) is 1.84. The first-order chi connectivity index (χ1) is 15.0. The molecule has 11 heteroatoms. The minimum atomic E-state index is -1.68. The zero-order valence-electron chi connectivity index (χ0n) is 18.8. The number of nitro groups is 1. The summed E-state index contributed by atoms with van der Waals surface area (Å²) in [6, 6.07) is 5.17. The summed E-state index contributed by atoms with van der Waals surface area (Å²) in [7, 11) is 3.45. The Hall–Kier alpha value is -3.31. The molecule has 2 unspecified atom stereocenters. The van der Waals surface area contributed by atoms with Crippen molar-refractivity contribution in [3.05, 3.63) is 51.2 Å². The van der Waals surface area contributed by atoms with Crippen molar-refractivity contribution in [1.29, 1.82) is 0 Å². The van der Waals surface area contributed by atoms with Crippen LogP contribution < -0.4 is 5.73 Å². The second kappa shape index (κ2) is 11.9. The van der Waals surface area contributed by atoms with Gasteiger partial charge in [0, 0.05) is 38.0 Å². The van der Waals surface area contributed by atoms with Crippen molar-refractivity contribution < 1.29 is 38.3 Å². The molecular formula is C21H28N2O9. The van der Waals surface area contributed by atoms with Crippen molar-refractivity contribution >= 4 is 23.4 Å². The first-order valence-electron chi connectivity index (χ1n) is 9.58. The number of carbonyl (C=O) groups is 3. The molecule has 1 aromatic carbocycles. The van der Waals surface area contributed by atoms with Crippen LogP contribution in [-0.2, 0) is 33.3 Å². The summed E-state index contributed by atoms with van der Waals surface area (Å²) in [5.41, 5.74) is 5.52. The number of ether oxygens (including phenoxy) is 4. The lowest BCUT2D eigenvalue weighted by Gasteiger charge is -2.29. The number of Topliss-reactive ketones (excluding diaryl/α,β-unsaturated/α-hetero) is 1. The molecule has 0 heterocycles. The molecular weight excluding hydrogens is 424 g/mol. The third-order valence-electron chi connectivity index (χ3n) is 4.49. The van der Waals surface area contributed by atoms with E-state index in [0.29, 0.717) is 0 Å². The molecule has 2 atom stereocenters. The molecule has 0 aliphatic carbocycles. The van der Waals surface area contributed by atoms with Gasteiger partial charge in [-0.05, 0) is 26.3 Å². The van der Waals surface area contributed by atoms with E-state index in [1.54, 1.807) is 13.8 Å². The molecule has 32 heavy (non-hydrogen) atoms. The van der Waals surface area contributed by atoms with E-state index in [0.717, 1.165) is 13.2 Å². The quantitative estimate of drug-likeness (QED) is 0.131. The van der Waals surface area contributed by atoms with Crippen LogP contribution in [0, 0.1) is 16.0 Å². The lowest BCUT2D eigenvalue weighted by molar-refractivity contribution is -0.384. The third-order valence-corrected chi connectivity index (χ3v) is 4.49. The molecule has 0 aliphatic heterocycles. The van der Waals surface area contributed by atoms with Gasteiger partial charge in [-0.3, -0.25) is 19.7 Å². The first kappa shape index (κ1) is 26.7. The number of rotatable bonds is 11. The van der Waals surface area contributed by atoms with Crippen LogP contribution >= 0.6 is 0 Å². The van der Waals surface area contributed by atoms with E-state index in [9.17, 15) is 24.5 Å². The Balaban J connectivity index is 3.90. The summed E-state index contributed by atoms with van der Waals surface area (Å²) in [4.78, 5) is 49.6. The van der Waals surface area contributed by atoms with Crippen molar-refractivity contribution in [3.63, 3.8) is 0 Å². The number of ketones is 1. The summed E-state index contributed by atoms with van der Waals surface area (Å²) in [6.07, 6.45) is -2.01. The van der Waals surface area contributed by atoms with Crippen LogP contribution in [0.4, 0.5) is 5.69 Å². The molecule has 0 aromatic heterocycles. The Morgan fingerprint density at radius 1 is 1.09 bits per heavy atom. The largest absolute Gasteiger partial charge is 0.468 e. The lowest BCUT2D eigenvalue weighted by atomic mass is 9.77. The molecule has 176 valence electrons. The number of hydrogen-bond acceptors (Lipinski definition) is 10. The maximum Gasteiger partial charge on any atom is 0.336 e. The Labute approximate surface area is 185 Å². The van der Waals surface area contributed by atoms with Gasteiger partial charge in [-0.25, -0.2) is 4.79 Å². The van der Waals surface area contributed by atoms with Crippen molar-refractivity contribution in [3.8, 4) is 0 Å². The molecule has 0 saturated heterocycles. The van der Waals surface area contributed by atoms with Crippen LogP contribution in [0.5, 0.6) is 0 Å². The third kappa shape index (κ3) is 6.34. The molecule has 0 aliphatic rings. The highest BCUT2D eigenvalue weighted by Crippen LogP contribution is 2.38. The van der Waals surface area contributed by atoms with Crippen molar-refractivity contribution in [1.82, 2.24) is 0 Å². The van der Waals surface area contributed by atoms with Crippen LogP contribution in [-0.4, -0.2) is 56.4 Å². The first-order valence-corrected chi connectivity index (χ1v) is 9.58. The monoisotopic (exact) mass is 452 g/mol. The van der Waals surface area contributed by atoms with Gasteiger partial charge in [0.25, 0.3) is 5.69 Å². The van der Waals surface area contributed by atoms with Gasteiger partial charge in [0.1, 0.15) is 5.92 Å². The van der Waals surface area contributed by atoms with Crippen LogP contribution in [0.25, 0.3) is 0 Å². The fraction of sp³-hybridized carbons (Fsp3) is 0.476. The van der Waals surface area contributed by atoms with Gasteiger partial charge in [0.05, 0.1) is 23.7 Å². The topological polar surface area (TPSA) is 157 Å². The van der Waals surface area contributed by atoms with E-state index in [2.05, 4.69) is 0 Å². The van der Waals surface area contributed by atoms with Gasteiger partial charge < -0.3 is 24.7 Å². The molecule has 0 bridgehead atoms. The number of esters is 2. The second-order valence-electron chi connectivity index (χ2n) is 7.09. The number of nitrogens with two attached hydrogens (primary N) is 1. The van der Waals surface area contributed by atoms with E-state index >= 15 is 0 Å². The zero-order chi connectivity index (χ0) is 24.6. The van der Waals surface area contributed by atoms with Crippen LogP contribution in [0.15, 0.2) is 35.5 Å². The normalized spacial score (nSPS) is 13.9. The lowest BCUT2D eigenvalue weighted by Crippen LogP contribution is -2.41. The highest BCUT2D eigenvalue weighted by molar-refractivity contribution is 6.04. The maximum atomic E-state index is 13.2. The highest BCUT2D eigenvalue weighted by Gasteiger charge is 2.45. The summed E-state index contributed by atoms with van der Waals surface area (Å²) in [6.45, 7) is 4.61. The zero-order valence-corrected chi connectivity index (χ0v) is 18.8. The number of nitro benzene ring substituents is 1. The molecule has 0 radical (unpaired) electrons.